The third-order valence-corrected chi connectivity index (χ3v) is 8.81. The topological polar surface area (TPSA) is 77.0 Å². The molecule has 8 nitrogen and oxygen atoms in total. The van der Waals surface area contributed by atoms with Crippen molar-refractivity contribution in [2.45, 2.75) is 56.3 Å². The number of aliphatic hydroxyl groups is 1. The summed E-state index contributed by atoms with van der Waals surface area (Å²) in [6, 6.07) is 9.79. The fourth-order valence-corrected chi connectivity index (χ4v) is 6.82. The predicted octanol–water partition coefficient (Wildman–Crippen LogP) is 3.38. The molecule has 2 bridgehead atoms. The summed E-state index contributed by atoms with van der Waals surface area (Å²) in [6.07, 6.45) is 3.98. The van der Waals surface area contributed by atoms with Crippen molar-refractivity contribution >= 4 is 28.1 Å². The average Bonchev–Trinajstić information content (AvgIpc) is 3.50. The maximum atomic E-state index is 16.5. The Labute approximate surface area is 226 Å². The lowest BCUT2D eigenvalue weighted by atomic mass is 9.98. The minimum absolute atomic E-state index is 0.0367. The second kappa shape index (κ2) is 9.83. The summed E-state index contributed by atoms with van der Waals surface area (Å²) in [5.41, 5.74) is 1.36. The van der Waals surface area contributed by atoms with Crippen molar-refractivity contribution in [3.63, 3.8) is 0 Å². The van der Waals surface area contributed by atoms with E-state index in [1.807, 2.05) is 24.3 Å². The highest BCUT2D eigenvalue weighted by Gasteiger charge is 2.35. The van der Waals surface area contributed by atoms with Gasteiger partial charge in [-0.3, -0.25) is 0 Å². The van der Waals surface area contributed by atoms with E-state index in [9.17, 15) is 5.11 Å². The second-order valence-electron chi connectivity index (χ2n) is 11.5. The zero-order chi connectivity index (χ0) is 26.7. The van der Waals surface area contributed by atoms with Gasteiger partial charge < -0.3 is 29.9 Å². The number of rotatable bonds is 5. The molecule has 3 saturated heterocycles. The monoisotopic (exact) mass is 536 g/mol. The van der Waals surface area contributed by atoms with Crippen molar-refractivity contribution in [1.82, 2.24) is 20.2 Å². The molecule has 4 aliphatic heterocycles. The summed E-state index contributed by atoms with van der Waals surface area (Å²) in [5.74, 6) is -0.955. The van der Waals surface area contributed by atoms with Crippen LogP contribution in [0.4, 0.5) is 26.0 Å². The van der Waals surface area contributed by atoms with E-state index in [0.29, 0.717) is 55.1 Å². The molecule has 2 N–H and O–H groups in total. The Kier molecular flexibility index (Phi) is 6.28. The first-order valence-corrected chi connectivity index (χ1v) is 14.0. The number of nitrogens with zero attached hydrogens (tertiary/aromatic N) is 5. The van der Waals surface area contributed by atoms with Crippen LogP contribution in [0.3, 0.4) is 0 Å². The fourth-order valence-electron chi connectivity index (χ4n) is 6.82. The van der Waals surface area contributed by atoms with Crippen molar-refractivity contribution in [2.75, 3.05) is 49.6 Å². The number of β-amino-alcohol motifs (C(OH)–C–C–N with tert-alkyl or cyclic N) is 1. The number of likely N-dealkylation sites (tertiary alicyclic amines) is 1. The van der Waals surface area contributed by atoms with E-state index in [4.69, 9.17) is 9.72 Å². The number of fused-ring (bicyclic) bond motifs is 4. The summed E-state index contributed by atoms with van der Waals surface area (Å²) < 4.78 is 38.5. The van der Waals surface area contributed by atoms with Crippen LogP contribution in [0.15, 0.2) is 30.3 Å². The highest BCUT2D eigenvalue weighted by atomic mass is 19.1. The van der Waals surface area contributed by atoms with Gasteiger partial charge in [0.25, 0.3) is 0 Å². The number of aromatic nitrogens is 2. The van der Waals surface area contributed by atoms with Crippen molar-refractivity contribution in [3.05, 3.63) is 47.5 Å². The predicted molar refractivity (Wildman–Crippen MR) is 146 cm³/mol. The molecule has 3 fully saturated rings. The van der Waals surface area contributed by atoms with Crippen LogP contribution in [0.25, 0.3) is 10.9 Å². The molecule has 0 saturated carbocycles. The molecule has 4 aliphatic rings. The molecule has 0 aliphatic carbocycles. The molecule has 1 aromatic heterocycles. The maximum Gasteiger partial charge on any atom is 0.319 e. The molecular formula is C29H34F2N6O2. The third kappa shape index (κ3) is 4.48. The van der Waals surface area contributed by atoms with Gasteiger partial charge >= 0.3 is 6.01 Å². The van der Waals surface area contributed by atoms with Gasteiger partial charge in [-0.15, -0.1) is 0 Å². The number of ether oxygens (including phenoxy) is 1. The van der Waals surface area contributed by atoms with E-state index in [2.05, 4.69) is 27.1 Å². The number of hydrogen-bond donors (Lipinski definition) is 2. The first-order chi connectivity index (χ1) is 18.9. The SMILES string of the molecule is CN1CCC[C@H]1COc1nc(N2C[C@H]3CC[C@@H](C2)N3)c2cc(F)c(N3CC(O)Cc4ccccc43)c(F)c2n1. The Morgan fingerprint density at radius 2 is 1.87 bits per heavy atom. The highest BCUT2D eigenvalue weighted by Crippen LogP contribution is 2.41. The molecule has 7 rings (SSSR count). The fraction of sp³-hybridized carbons (Fsp3) is 0.517. The molecule has 10 heteroatoms. The Morgan fingerprint density at radius 3 is 2.64 bits per heavy atom. The van der Waals surface area contributed by atoms with Crippen LogP contribution in [-0.2, 0) is 6.42 Å². The van der Waals surface area contributed by atoms with E-state index in [1.165, 1.54) is 11.0 Å². The number of para-hydroxylation sites is 1. The summed E-state index contributed by atoms with van der Waals surface area (Å²) in [7, 11) is 2.07. The van der Waals surface area contributed by atoms with E-state index in [1.54, 1.807) is 0 Å². The zero-order valence-corrected chi connectivity index (χ0v) is 22.1. The standard InChI is InChI=1S/C29H34F2N6O2/c1-35-10-4-6-20(35)16-39-29-33-26-22(28(34-29)36-13-18-8-9-19(14-36)32-18)12-23(30)27(25(26)31)37-15-21(38)11-17-5-2-3-7-24(17)37/h2-3,5,7,12,18-21,32,38H,4,6,8-11,13-16H2,1H3/t18-,19+,20-,21?/m0/s1. The Bertz CT molecular complexity index is 1390. The minimum atomic E-state index is -0.765. The average molecular weight is 537 g/mol. The number of nitrogens with one attached hydrogen (secondary N) is 1. The van der Waals surface area contributed by atoms with E-state index < -0.39 is 17.7 Å². The van der Waals surface area contributed by atoms with Gasteiger partial charge in [0.1, 0.15) is 23.6 Å². The Balaban J connectivity index is 1.34. The van der Waals surface area contributed by atoms with E-state index in [-0.39, 0.29) is 29.8 Å². The number of hydrogen-bond acceptors (Lipinski definition) is 8. The van der Waals surface area contributed by atoms with Crippen molar-refractivity contribution < 1.29 is 18.6 Å². The number of anilines is 3. The molecule has 3 aromatic rings. The minimum Gasteiger partial charge on any atom is -0.462 e. The number of piperazine rings is 1. The Morgan fingerprint density at radius 1 is 1.08 bits per heavy atom. The first kappa shape index (κ1) is 24.9. The lowest BCUT2D eigenvalue weighted by Crippen LogP contribution is -2.51. The smallest absolute Gasteiger partial charge is 0.319 e. The molecule has 206 valence electrons. The van der Waals surface area contributed by atoms with Gasteiger partial charge in [-0.05, 0) is 57.0 Å². The molecule has 1 unspecified atom stereocenters. The maximum absolute atomic E-state index is 16.5. The largest absolute Gasteiger partial charge is 0.462 e. The lowest BCUT2D eigenvalue weighted by molar-refractivity contribution is 0.178. The summed E-state index contributed by atoms with van der Waals surface area (Å²) in [5, 5.41) is 14.5. The van der Waals surface area contributed by atoms with Gasteiger partial charge in [-0.25, -0.2) is 8.78 Å². The van der Waals surface area contributed by atoms with Gasteiger partial charge in [0.15, 0.2) is 11.6 Å². The van der Waals surface area contributed by atoms with Crippen LogP contribution in [0.1, 0.15) is 31.2 Å². The number of benzene rings is 2. The molecule has 0 spiro atoms. The van der Waals surface area contributed by atoms with Gasteiger partial charge in [0.2, 0.25) is 0 Å². The molecule has 4 atom stereocenters. The van der Waals surface area contributed by atoms with Crippen LogP contribution < -0.4 is 19.9 Å². The number of likely N-dealkylation sites (N-methyl/N-ethyl adjacent to an activating group) is 1. The van der Waals surface area contributed by atoms with Crippen LogP contribution in [0.2, 0.25) is 0 Å². The van der Waals surface area contributed by atoms with Crippen LogP contribution in [0, 0.1) is 11.6 Å². The second-order valence-corrected chi connectivity index (χ2v) is 11.5. The van der Waals surface area contributed by atoms with Gasteiger partial charge in [-0.2, -0.15) is 9.97 Å². The molecule has 2 aromatic carbocycles. The highest BCUT2D eigenvalue weighted by molar-refractivity contribution is 5.94. The van der Waals surface area contributed by atoms with Crippen molar-refractivity contribution in [1.29, 1.82) is 0 Å². The summed E-state index contributed by atoms with van der Waals surface area (Å²) >= 11 is 0. The molecule has 0 amide bonds. The summed E-state index contributed by atoms with van der Waals surface area (Å²) in [4.78, 5) is 15.2. The van der Waals surface area contributed by atoms with Crippen LogP contribution in [-0.4, -0.2) is 84.0 Å². The Hall–Kier alpha value is -3.08. The van der Waals surface area contributed by atoms with Crippen LogP contribution in [0.5, 0.6) is 6.01 Å². The quantitative estimate of drug-likeness (QED) is 0.514. The molecule has 5 heterocycles. The summed E-state index contributed by atoms with van der Waals surface area (Å²) in [6.45, 7) is 2.94. The van der Waals surface area contributed by atoms with E-state index in [0.717, 1.165) is 37.8 Å². The van der Waals surface area contributed by atoms with Gasteiger partial charge in [0.05, 0.1) is 6.10 Å². The molecule has 0 radical (unpaired) electrons. The van der Waals surface area contributed by atoms with Crippen LogP contribution >= 0.6 is 0 Å². The normalized spacial score (nSPS) is 26.9. The zero-order valence-electron chi connectivity index (χ0n) is 22.1. The molecular weight excluding hydrogens is 502 g/mol. The first-order valence-electron chi connectivity index (χ1n) is 14.0. The lowest BCUT2D eigenvalue weighted by Gasteiger charge is -2.35. The molecule has 39 heavy (non-hydrogen) atoms. The van der Waals surface area contributed by atoms with Gasteiger partial charge in [0, 0.05) is 55.3 Å². The van der Waals surface area contributed by atoms with Crippen molar-refractivity contribution in [3.8, 4) is 6.01 Å². The van der Waals surface area contributed by atoms with Gasteiger partial charge in [-0.1, -0.05) is 18.2 Å². The van der Waals surface area contributed by atoms with E-state index >= 15 is 8.78 Å². The number of aliphatic hydroxyl groups excluding tert-OH is 1. The third-order valence-electron chi connectivity index (χ3n) is 8.81. The number of halogens is 2. The van der Waals surface area contributed by atoms with Crippen molar-refractivity contribution in [2.24, 2.45) is 0 Å².